The molecule has 5 rings (SSSR count). The molecule has 3 aliphatic rings. The predicted octanol–water partition coefficient (Wildman–Crippen LogP) is 6.35. The highest BCUT2D eigenvalue weighted by atomic mass is 16.5. The van der Waals surface area contributed by atoms with Gasteiger partial charge in [0.2, 0.25) is 0 Å². The Balaban J connectivity index is 1.06. The number of amides is 1. The third kappa shape index (κ3) is 7.42. The minimum Gasteiger partial charge on any atom is -0.501 e. The van der Waals surface area contributed by atoms with Crippen molar-refractivity contribution in [2.45, 2.75) is 51.5 Å². The normalized spacial score (nSPS) is 19.3. The molecule has 1 amide bonds. The summed E-state index contributed by atoms with van der Waals surface area (Å²) in [6.45, 7) is 12.7. The number of hydrogen-bond donors (Lipinski definition) is 0. The molecule has 0 spiro atoms. The molecule has 2 aromatic rings. The number of carbonyl (C=O) groups is 1. The number of unbranched alkanes of at least 4 members (excludes halogenated alkanes) is 3. The average Bonchev–Trinajstić information content (AvgIpc) is 3.47. The first-order valence-electron chi connectivity index (χ1n) is 15.7. The van der Waals surface area contributed by atoms with Crippen LogP contribution in [0.15, 0.2) is 65.5 Å². The summed E-state index contributed by atoms with van der Waals surface area (Å²) in [7, 11) is 3.35. The minimum absolute atomic E-state index is 0.0684. The van der Waals surface area contributed by atoms with Crippen molar-refractivity contribution >= 4 is 28.6 Å². The molecule has 2 saturated heterocycles. The van der Waals surface area contributed by atoms with Crippen molar-refractivity contribution in [3.8, 4) is 11.5 Å². The van der Waals surface area contributed by atoms with Gasteiger partial charge in [0, 0.05) is 44.6 Å². The molecular weight excluding hydrogens is 540 g/mol. The van der Waals surface area contributed by atoms with E-state index in [2.05, 4.69) is 22.5 Å². The molecule has 2 fully saturated rings. The van der Waals surface area contributed by atoms with Gasteiger partial charge in [0.05, 0.1) is 43.9 Å². The molecular formula is C35H46N4O4. The Morgan fingerprint density at radius 2 is 1.74 bits per heavy atom. The lowest BCUT2D eigenvalue weighted by Crippen LogP contribution is -2.45. The van der Waals surface area contributed by atoms with Gasteiger partial charge in [-0.2, -0.15) is 0 Å². The van der Waals surface area contributed by atoms with Gasteiger partial charge in [0.25, 0.3) is 5.91 Å². The number of carbonyl (C=O) groups excluding carboxylic acids is 1. The Bertz CT molecular complexity index is 1390. The summed E-state index contributed by atoms with van der Waals surface area (Å²) in [5.74, 6) is 2.38. The van der Waals surface area contributed by atoms with Crippen LogP contribution in [0.1, 0.15) is 55.8 Å². The molecule has 43 heavy (non-hydrogen) atoms. The van der Waals surface area contributed by atoms with Crippen LogP contribution in [-0.4, -0.2) is 93.0 Å². The van der Waals surface area contributed by atoms with E-state index in [1.54, 1.807) is 14.2 Å². The van der Waals surface area contributed by atoms with E-state index >= 15 is 0 Å². The van der Waals surface area contributed by atoms with Gasteiger partial charge in [-0.1, -0.05) is 19.4 Å². The maximum atomic E-state index is 13.2. The second-order valence-corrected chi connectivity index (χ2v) is 11.6. The summed E-state index contributed by atoms with van der Waals surface area (Å²) in [5.41, 5.74) is 2.55. The molecule has 2 aromatic carbocycles. The fourth-order valence-corrected chi connectivity index (χ4v) is 6.14. The molecule has 0 radical (unpaired) electrons. The van der Waals surface area contributed by atoms with Crippen molar-refractivity contribution in [1.82, 2.24) is 14.7 Å². The Morgan fingerprint density at radius 3 is 2.51 bits per heavy atom. The molecule has 0 saturated carbocycles. The lowest BCUT2D eigenvalue weighted by atomic mass is 10.0. The Kier molecular flexibility index (Phi) is 10.4. The van der Waals surface area contributed by atoms with Crippen LogP contribution in [0.4, 0.5) is 5.69 Å². The highest BCUT2D eigenvalue weighted by Crippen LogP contribution is 2.37. The van der Waals surface area contributed by atoms with E-state index in [-0.39, 0.29) is 11.9 Å². The standard InChI is InChI=1S/C35H46N4O4/c1-5-29(13-12-26(2)41-3)38-18-16-37(17-19-38)14-8-6-7-9-20-43-34-24-28-22-32-31(21-27(28)23-33(34)42-4)35(40)39-15-10-11-30(39)25-36-32/h5,12-13,21-25,30H,1,6-11,14-20H2,2-4H3/b26-12+,29-13+/t30-/m0/s1. The van der Waals surface area contributed by atoms with Crippen LogP contribution >= 0.6 is 0 Å². The van der Waals surface area contributed by atoms with Crippen LogP contribution in [-0.2, 0) is 4.74 Å². The van der Waals surface area contributed by atoms with Crippen molar-refractivity contribution in [3.63, 3.8) is 0 Å². The molecule has 0 unspecified atom stereocenters. The molecule has 0 aromatic heterocycles. The van der Waals surface area contributed by atoms with Gasteiger partial charge in [-0.15, -0.1) is 0 Å². The van der Waals surface area contributed by atoms with Crippen LogP contribution in [0.2, 0.25) is 0 Å². The zero-order chi connectivity index (χ0) is 30.2. The van der Waals surface area contributed by atoms with Crippen LogP contribution in [0, 0.1) is 0 Å². The first kappa shape index (κ1) is 30.7. The van der Waals surface area contributed by atoms with Crippen molar-refractivity contribution < 1.29 is 19.0 Å². The van der Waals surface area contributed by atoms with Gasteiger partial charge in [0.15, 0.2) is 11.5 Å². The van der Waals surface area contributed by atoms with Crippen molar-refractivity contribution in [1.29, 1.82) is 0 Å². The number of methoxy groups -OCH3 is 2. The quantitative estimate of drug-likeness (QED) is 0.155. The summed E-state index contributed by atoms with van der Waals surface area (Å²) < 4.78 is 17.1. The zero-order valence-corrected chi connectivity index (χ0v) is 26.0. The monoisotopic (exact) mass is 586 g/mol. The van der Waals surface area contributed by atoms with E-state index in [0.717, 1.165) is 98.6 Å². The number of ether oxygens (including phenoxy) is 3. The van der Waals surface area contributed by atoms with Crippen molar-refractivity contribution in [2.75, 3.05) is 60.1 Å². The summed E-state index contributed by atoms with van der Waals surface area (Å²) in [6, 6.07) is 8.05. The fraction of sp³-hybridized carbons (Fsp3) is 0.486. The summed E-state index contributed by atoms with van der Waals surface area (Å²) in [4.78, 5) is 24.8. The van der Waals surface area contributed by atoms with Gasteiger partial charge in [-0.25, -0.2) is 0 Å². The first-order valence-corrected chi connectivity index (χ1v) is 15.7. The van der Waals surface area contributed by atoms with Gasteiger partial charge in [-0.3, -0.25) is 14.7 Å². The third-order valence-corrected chi connectivity index (χ3v) is 8.80. The highest BCUT2D eigenvalue weighted by Gasteiger charge is 2.32. The molecule has 8 nitrogen and oxygen atoms in total. The Morgan fingerprint density at radius 1 is 0.977 bits per heavy atom. The Hall–Kier alpha value is -3.78. The van der Waals surface area contributed by atoms with E-state index < -0.39 is 0 Å². The molecule has 8 heteroatoms. The lowest BCUT2D eigenvalue weighted by Gasteiger charge is -2.36. The first-order chi connectivity index (χ1) is 21.0. The van der Waals surface area contributed by atoms with Gasteiger partial charge in [-0.05, 0) is 92.4 Å². The maximum Gasteiger partial charge on any atom is 0.256 e. The molecule has 230 valence electrons. The van der Waals surface area contributed by atoms with Crippen molar-refractivity contribution in [2.24, 2.45) is 4.99 Å². The van der Waals surface area contributed by atoms with Crippen LogP contribution < -0.4 is 9.47 Å². The summed E-state index contributed by atoms with van der Waals surface area (Å²) in [5, 5.41) is 1.96. The van der Waals surface area contributed by atoms with E-state index in [0.29, 0.717) is 17.9 Å². The maximum absolute atomic E-state index is 13.2. The Labute approximate surface area is 256 Å². The minimum atomic E-state index is 0.0684. The van der Waals surface area contributed by atoms with E-state index in [1.165, 1.54) is 12.8 Å². The lowest BCUT2D eigenvalue weighted by molar-refractivity contribution is 0.0775. The number of nitrogens with zero attached hydrogens (tertiary/aromatic N) is 4. The second kappa shape index (κ2) is 14.6. The summed E-state index contributed by atoms with van der Waals surface area (Å²) in [6.07, 6.45) is 14.5. The zero-order valence-electron chi connectivity index (χ0n) is 26.0. The van der Waals surface area contributed by atoms with E-state index in [9.17, 15) is 4.79 Å². The predicted molar refractivity (Wildman–Crippen MR) is 174 cm³/mol. The van der Waals surface area contributed by atoms with Crippen molar-refractivity contribution in [3.05, 3.63) is 66.1 Å². The van der Waals surface area contributed by atoms with Gasteiger partial charge >= 0.3 is 0 Å². The largest absolute Gasteiger partial charge is 0.501 e. The number of allylic oxidation sites excluding steroid dienone is 4. The van der Waals surface area contributed by atoms with Crippen LogP contribution in [0.25, 0.3) is 10.8 Å². The number of aliphatic imine (C=N–C) groups is 1. The molecule has 0 bridgehead atoms. The van der Waals surface area contributed by atoms with Gasteiger partial charge in [0.1, 0.15) is 0 Å². The number of piperazine rings is 1. The number of hydrogen-bond acceptors (Lipinski definition) is 7. The molecule has 3 aliphatic heterocycles. The number of fused-ring (bicyclic) bond motifs is 3. The SMILES string of the molecule is C=C/C(=C\C=C(/C)OC)N1CCN(CCCCCCOc2cc3cc4c(cc3cc2OC)C(=O)N2CCC[C@H]2C=N4)CC1. The molecule has 1 atom stereocenters. The molecule has 0 aliphatic carbocycles. The smallest absolute Gasteiger partial charge is 0.256 e. The fourth-order valence-electron chi connectivity index (χ4n) is 6.14. The third-order valence-electron chi connectivity index (χ3n) is 8.80. The van der Waals surface area contributed by atoms with Gasteiger partial charge < -0.3 is 24.0 Å². The average molecular weight is 587 g/mol. The van der Waals surface area contributed by atoms with Crippen LogP contribution in [0.5, 0.6) is 11.5 Å². The van der Waals surface area contributed by atoms with E-state index in [1.807, 2.05) is 54.5 Å². The molecule has 3 heterocycles. The number of benzene rings is 2. The number of rotatable bonds is 13. The van der Waals surface area contributed by atoms with E-state index in [4.69, 9.17) is 19.2 Å². The topological polar surface area (TPSA) is 66.8 Å². The highest BCUT2D eigenvalue weighted by molar-refractivity contribution is 6.07. The second-order valence-electron chi connectivity index (χ2n) is 11.6. The summed E-state index contributed by atoms with van der Waals surface area (Å²) >= 11 is 0. The van der Waals surface area contributed by atoms with Crippen LogP contribution in [0.3, 0.4) is 0 Å². The molecule has 0 N–H and O–H groups in total.